The van der Waals surface area contributed by atoms with Gasteiger partial charge in [-0.1, -0.05) is 78.1 Å². The third kappa shape index (κ3) is 9.94. The minimum atomic E-state index is -0.0621. The fourth-order valence-electron chi connectivity index (χ4n) is 3.25. The van der Waals surface area contributed by atoms with E-state index in [4.69, 9.17) is 0 Å². The minimum Gasteiger partial charge on any atom is -0.273 e. The fraction of sp³-hybridized carbons (Fsp3) is 0.900. The van der Waals surface area contributed by atoms with Gasteiger partial charge in [-0.05, 0) is 25.2 Å². The van der Waals surface area contributed by atoms with E-state index in [0.717, 1.165) is 25.7 Å². The number of carbonyl (C=O) groups excluding carboxylic acids is 2. The van der Waals surface area contributed by atoms with Crippen LogP contribution in [0.2, 0.25) is 0 Å². The molecular weight excluding hydrogens is 300 g/mol. The molecule has 2 amide bonds. The molecule has 24 heavy (non-hydrogen) atoms. The second kappa shape index (κ2) is 13.3. The van der Waals surface area contributed by atoms with Gasteiger partial charge in [-0.2, -0.15) is 0 Å². The Morgan fingerprint density at radius 1 is 0.792 bits per heavy atom. The van der Waals surface area contributed by atoms with Crippen molar-refractivity contribution in [3.05, 3.63) is 0 Å². The molecule has 0 aliphatic heterocycles. The zero-order valence-corrected chi connectivity index (χ0v) is 15.9. The molecule has 0 aromatic rings. The molecule has 2 N–H and O–H groups in total. The highest BCUT2D eigenvalue weighted by molar-refractivity contribution is 5.85. The molecule has 0 saturated heterocycles. The Hall–Kier alpha value is -1.06. The summed E-state index contributed by atoms with van der Waals surface area (Å²) in [4.78, 5) is 23.7. The van der Waals surface area contributed by atoms with Gasteiger partial charge in [-0.15, -0.1) is 0 Å². The van der Waals surface area contributed by atoms with Crippen molar-refractivity contribution < 1.29 is 9.59 Å². The summed E-state index contributed by atoms with van der Waals surface area (Å²) >= 11 is 0. The molecular formula is C20H38N2O2. The highest BCUT2D eigenvalue weighted by atomic mass is 16.2. The Morgan fingerprint density at radius 2 is 1.38 bits per heavy atom. The first-order valence-corrected chi connectivity index (χ1v) is 10.3. The molecule has 1 aliphatic carbocycles. The summed E-state index contributed by atoms with van der Waals surface area (Å²) in [6.45, 7) is 4.42. The number of unbranched alkanes of at least 4 members (excludes halogenated alkanes) is 9. The second-order valence-electron chi connectivity index (χ2n) is 7.36. The van der Waals surface area contributed by atoms with E-state index in [1.165, 1.54) is 57.8 Å². The second-order valence-corrected chi connectivity index (χ2v) is 7.36. The van der Waals surface area contributed by atoms with Crippen LogP contribution in [0, 0.1) is 11.8 Å². The van der Waals surface area contributed by atoms with Gasteiger partial charge in [0, 0.05) is 12.3 Å². The van der Waals surface area contributed by atoms with Crippen molar-refractivity contribution in [2.75, 3.05) is 0 Å². The predicted molar refractivity (Wildman–Crippen MR) is 99.3 cm³/mol. The summed E-state index contributed by atoms with van der Waals surface area (Å²) in [6, 6.07) is 0. The molecule has 2 atom stereocenters. The highest BCUT2D eigenvalue weighted by Crippen LogP contribution is 2.42. The van der Waals surface area contributed by atoms with Crippen molar-refractivity contribution in [2.24, 2.45) is 11.8 Å². The van der Waals surface area contributed by atoms with Crippen LogP contribution in [-0.4, -0.2) is 11.8 Å². The molecule has 0 spiro atoms. The van der Waals surface area contributed by atoms with Gasteiger partial charge in [0.05, 0.1) is 0 Å². The van der Waals surface area contributed by atoms with Crippen LogP contribution in [0.15, 0.2) is 0 Å². The van der Waals surface area contributed by atoms with E-state index in [2.05, 4.69) is 24.7 Å². The van der Waals surface area contributed by atoms with Gasteiger partial charge in [0.15, 0.2) is 0 Å². The summed E-state index contributed by atoms with van der Waals surface area (Å²) in [6.07, 6.45) is 16.1. The number of nitrogens with one attached hydrogen (secondary N) is 2. The van der Waals surface area contributed by atoms with Gasteiger partial charge < -0.3 is 0 Å². The van der Waals surface area contributed by atoms with Gasteiger partial charge in [0.1, 0.15) is 0 Å². The molecule has 0 aromatic carbocycles. The topological polar surface area (TPSA) is 58.2 Å². The lowest BCUT2D eigenvalue weighted by atomic mass is 10.1. The predicted octanol–water partition coefficient (Wildman–Crippen LogP) is 4.88. The summed E-state index contributed by atoms with van der Waals surface area (Å²) in [5, 5.41) is 0. The van der Waals surface area contributed by atoms with E-state index in [9.17, 15) is 9.59 Å². The van der Waals surface area contributed by atoms with Crippen molar-refractivity contribution in [2.45, 2.75) is 104 Å². The molecule has 140 valence electrons. The Morgan fingerprint density at radius 3 is 2.04 bits per heavy atom. The van der Waals surface area contributed by atoms with Gasteiger partial charge in [0.2, 0.25) is 11.8 Å². The molecule has 0 heterocycles. The molecule has 0 aromatic heterocycles. The third-order valence-electron chi connectivity index (χ3n) is 5.02. The van der Waals surface area contributed by atoms with Gasteiger partial charge >= 0.3 is 0 Å². The number of rotatable bonds is 14. The number of amides is 2. The summed E-state index contributed by atoms with van der Waals surface area (Å²) in [5.41, 5.74) is 5.17. The number of hydrazine groups is 1. The Bertz CT molecular complexity index is 358. The smallest absolute Gasteiger partial charge is 0.241 e. The van der Waals surface area contributed by atoms with E-state index < -0.39 is 0 Å². The van der Waals surface area contributed by atoms with Crippen LogP contribution in [-0.2, 0) is 9.59 Å². The van der Waals surface area contributed by atoms with E-state index >= 15 is 0 Å². The lowest BCUT2D eigenvalue weighted by Crippen LogP contribution is -2.42. The standard InChI is InChI=1S/C20H38N2O2/c1-3-5-7-9-11-12-14-17-16-18(17)20(24)22-21-19(23)15-13-10-8-6-4-2/h17-18H,3-16H2,1-2H3,(H,21,23)(H,22,24)/t17-,18+/m0/s1. The van der Waals surface area contributed by atoms with Crippen molar-refractivity contribution in [1.29, 1.82) is 0 Å². The molecule has 1 aliphatic rings. The lowest BCUT2D eigenvalue weighted by Gasteiger charge is -2.07. The summed E-state index contributed by atoms with van der Waals surface area (Å²) < 4.78 is 0. The molecule has 4 heteroatoms. The van der Waals surface area contributed by atoms with Crippen LogP contribution >= 0.6 is 0 Å². The highest BCUT2D eigenvalue weighted by Gasteiger charge is 2.42. The van der Waals surface area contributed by atoms with Crippen LogP contribution < -0.4 is 10.9 Å². The van der Waals surface area contributed by atoms with E-state index in [1.807, 2.05) is 0 Å². The molecule has 1 saturated carbocycles. The maximum absolute atomic E-state index is 12.0. The maximum Gasteiger partial charge on any atom is 0.241 e. The first kappa shape index (κ1) is 21.0. The van der Waals surface area contributed by atoms with E-state index in [1.54, 1.807) is 0 Å². The summed E-state index contributed by atoms with van der Waals surface area (Å²) in [5.74, 6) is 0.617. The maximum atomic E-state index is 12.0. The largest absolute Gasteiger partial charge is 0.273 e. The van der Waals surface area contributed by atoms with Gasteiger partial charge in [-0.25, -0.2) is 0 Å². The average molecular weight is 339 g/mol. The van der Waals surface area contributed by atoms with Crippen molar-refractivity contribution in [3.63, 3.8) is 0 Å². The molecule has 1 rings (SSSR count). The fourth-order valence-corrected chi connectivity index (χ4v) is 3.25. The van der Waals surface area contributed by atoms with Crippen LogP contribution in [0.3, 0.4) is 0 Å². The molecule has 1 fully saturated rings. The zero-order valence-electron chi connectivity index (χ0n) is 15.9. The van der Waals surface area contributed by atoms with Gasteiger partial charge in [-0.3, -0.25) is 20.4 Å². The average Bonchev–Trinajstić information content (AvgIpc) is 3.35. The number of carbonyl (C=O) groups is 2. The summed E-state index contributed by atoms with van der Waals surface area (Å²) in [7, 11) is 0. The molecule has 4 nitrogen and oxygen atoms in total. The minimum absolute atomic E-state index is 0.00492. The lowest BCUT2D eigenvalue weighted by molar-refractivity contribution is -0.129. The Balaban J connectivity index is 1.95. The molecule has 0 radical (unpaired) electrons. The molecule has 0 bridgehead atoms. The van der Waals surface area contributed by atoms with Crippen molar-refractivity contribution in [1.82, 2.24) is 10.9 Å². The van der Waals surface area contributed by atoms with Gasteiger partial charge in [0.25, 0.3) is 0 Å². The first-order chi connectivity index (χ1) is 11.7. The normalized spacial score (nSPS) is 19.1. The zero-order chi connectivity index (χ0) is 17.6. The SMILES string of the molecule is CCCCCCCC[C@H]1C[C@H]1C(=O)NNC(=O)CCCCCCC. The van der Waals surface area contributed by atoms with Crippen LogP contribution in [0.4, 0.5) is 0 Å². The van der Waals surface area contributed by atoms with Crippen LogP contribution in [0.25, 0.3) is 0 Å². The van der Waals surface area contributed by atoms with E-state index in [0.29, 0.717) is 12.3 Å². The number of hydrogen-bond donors (Lipinski definition) is 2. The Labute approximate surface area is 148 Å². The van der Waals surface area contributed by atoms with Crippen LogP contribution in [0.5, 0.6) is 0 Å². The molecule has 0 unspecified atom stereocenters. The monoisotopic (exact) mass is 338 g/mol. The Kier molecular flexibility index (Phi) is 11.6. The third-order valence-corrected chi connectivity index (χ3v) is 5.02. The number of hydrogen-bond acceptors (Lipinski definition) is 2. The van der Waals surface area contributed by atoms with Crippen molar-refractivity contribution in [3.8, 4) is 0 Å². The van der Waals surface area contributed by atoms with Crippen molar-refractivity contribution >= 4 is 11.8 Å². The quantitative estimate of drug-likeness (QED) is 0.350. The van der Waals surface area contributed by atoms with Crippen LogP contribution in [0.1, 0.15) is 104 Å². The van der Waals surface area contributed by atoms with E-state index in [-0.39, 0.29) is 17.7 Å². The first-order valence-electron chi connectivity index (χ1n) is 10.3.